The first-order valence-corrected chi connectivity index (χ1v) is 9.19. The van der Waals surface area contributed by atoms with Gasteiger partial charge < -0.3 is 14.8 Å². The zero-order valence-corrected chi connectivity index (χ0v) is 15.6. The summed E-state index contributed by atoms with van der Waals surface area (Å²) in [4.78, 5) is 16.8. The third-order valence-corrected chi connectivity index (χ3v) is 4.69. The van der Waals surface area contributed by atoms with E-state index in [-0.39, 0.29) is 17.6 Å². The molecule has 0 bridgehead atoms. The second-order valence-electron chi connectivity index (χ2n) is 7.07. The predicted molar refractivity (Wildman–Crippen MR) is 92.4 cm³/mol. The lowest BCUT2D eigenvalue weighted by Crippen LogP contribution is -2.46. The zero-order chi connectivity index (χ0) is 17.0. The lowest BCUT2D eigenvalue weighted by molar-refractivity contribution is 0.0520. The number of esters is 1. The van der Waals surface area contributed by atoms with Crippen LogP contribution in [0.2, 0.25) is 0 Å². The van der Waals surface area contributed by atoms with E-state index < -0.39 is 0 Å². The number of nitrogens with zero attached hydrogens (tertiary/aromatic N) is 1. The summed E-state index contributed by atoms with van der Waals surface area (Å²) in [6.45, 7) is 10.6. The molecule has 130 valence electrons. The molecule has 1 aromatic heterocycles. The molecule has 1 N–H and O–H groups in total. The van der Waals surface area contributed by atoms with Crippen LogP contribution in [0.5, 0.6) is 5.88 Å². The van der Waals surface area contributed by atoms with E-state index in [1.807, 2.05) is 6.92 Å². The molecule has 23 heavy (non-hydrogen) atoms. The van der Waals surface area contributed by atoms with E-state index in [2.05, 4.69) is 31.1 Å². The lowest BCUT2D eigenvalue weighted by atomic mass is 9.91. The molecule has 1 heterocycles. The van der Waals surface area contributed by atoms with E-state index in [0.29, 0.717) is 23.4 Å². The highest BCUT2D eigenvalue weighted by Crippen LogP contribution is 2.30. The normalized spacial score (nSPS) is 22.0. The zero-order valence-electron chi connectivity index (χ0n) is 14.8. The van der Waals surface area contributed by atoms with E-state index in [1.165, 1.54) is 11.3 Å². The second-order valence-corrected chi connectivity index (χ2v) is 8.28. The van der Waals surface area contributed by atoms with Gasteiger partial charge in [-0.2, -0.15) is 0 Å². The molecule has 0 aromatic carbocycles. The van der Waals surface area contributed by atoms with Gasteiger partial charge in [-0.25, -0.2) is 9.78 Å². The van der Waals surface area contributed by atoms with Crippen LogP contribution in [0.3, 0.4) is 0 Å². The van der Waals surface area contributed by atoms with Crippen molar-refractivity contribution in [3.05, 3.63) is 9.88 Å². The summed E-state index contributed by atoms with van der Waals surface area (Å²) in [7, 11) is 0. The fraction of sp³-hybridized carbons (Fsp3) is 0.765. The maximum atomic E-state index is 12.0. The molecule has 0 aliphatic heterocycles. The SMILES string of the molecule is CCOC(=O)c1sc(C)nc1OC1CCC(NC(C)(C)C)CC1. The van der Waals surface area contributed by atoms with Gasteiger partial charge in [-0.3, -0.25) is 0 Å². The van der Waals surface area contributed by atoms with Gasteiger partial charge in [0, 0.05) is 11.6 Å². The first-order chi connectivity index (χ1) is 10.8. The molecule has 0 saturated heterocycles. The van der Waals surface area contributed by atoms with Crippen molar-refractivity contribution in [2.75, 3.05) is 6.61 Å². The van der Waals surface area contributed by atoms with Gasteiger partial charge in [0.25, 0.3) is 0 Å². The molecular weight excluding hydrogens is 312 g/mol. The van der Waals surface area contributed by atoms with Gasteiger partial charge in [-0.15, -0.1) is 11.3 Å². The molecule has 0 amide bonds. The van der Waals surface area contributed by atoms with Crippen LogP contribution in [0.4, 0.5) is 0 Å². The predicted octanol–water partition coefficient (Wildman–Crippen LogP) is 3.71. The molecule has 0 unspecified atom stereocenters. The Morgan fingerprint density at radius 3 is 2.52 bits per heavy atom. The highest BCUT2D eigenvalue weighted by molar-refractivity contribution is 7.13. The number of carbonyl (C=O) groups excluding carboxylic acids is 1. The van der Waals surface area contributed by atoms with Crippen molar-refractivity contribution in [2.24, 2.45) is 0 Å². The molecule has 0 spiro atoms. The Morgan fingerprint density at radius 1 is 1.30 bits per heavy atom. The summed E-state index contributed by atoms with van der Waals surface area (Å²) >= 11 is 1.34. The van der Waals surface area contributed by atoms with Gasteiger partial charge in [0.05, 0.1) is 11.6 Å². The first-order valence-electron chi connectivity index (χ1n) is 8.37. The summed E-state index contributed by atoms with van der Waals surface area (Å²) in [5.74, 6) is 0.106. The van der Waals surface area contributed by atoms with Crippen molar-refractivity contribution in [1.29, 1.82) is 0 Å². The van der Waals surface area contributed by atoms with E-state index in [1.54, 1.807) is 6.92 Å². The van der Waals surface area contributed by atoms with Crippen molar-refractivity contribution in [3.8, 4) is 5.88 Å². The van der Waals surface area contributed by atoms with Gasteiger partial charge in [-0.05, 0) is 60.3 Å². The summed E-state index contributed by atoms with van der Waals surface area (Å²) in [6, 6.07) is 0.538. The maximum Gasteiger partial charge on any atom is 0.353 e. The molecule has 1 saturated carbocycles. The Kier molecular flexibility index (Phi) is 6.03. The highest BCUT2D eigenvalue weighted by atomic mass is 32.1. The van der Waals surface area contributed by atoms with E-state index in [4.69, 9.17) is 9.47 Å². The summed E-state index contributed by atoms with van der Waals surface area (Å²) in [5, 5.41) is 4.47. The van der Waals surface area contributed by atoms with Crippen LogP contribution in [-0.2, 0) is 4.74 Å². The average Bonchev–Trinajstić information content (AvgIpc) is 2.80. The number of aromatic nitrogens is 1. The number of thiazole rings is 1. The number of rotatable bonds is 5. The summed E-state index contributed by atoms with van der Waals surface area (Å²) in [6.07, 6.45) is 4.25. The molecule has 1 aromatic rings. The van der Waals surface area contributed by atoms with Crippen LogP contribution in [0, 0.1) is 6.92 Å². The number of aryl methyl sites for hydroxylation is 1. The smallest absolute Gasteiger partial charge is 0.353 e. The molecule has 1 aliphatic carbocycles. The van der Waals surface area contributed by atoms with Crippen molar-refractivity contribution in [2.45, 2.75) is 78.0 Å². The Morgan fingerprint density at radius 2 is 1.96 bits per heavy atom. The maximum absolute atomic E-state index is 12.0. The molecule has 0 radical (unpaired) electrons. The molecule has 6 heteroatoms. The van der Waals surface area contributed by atoms with Crippen LogP contribution in [-0.4, -0.2) is 35.2 Å². The lowest BCUT2D eigenvalue weighted by Gasteiger charge is -2.34. The third-order valence-electron chi connectivity index (χ3n) is 3.75. The summed E-state index contributed by atoms with van der Waals surface area (Å²) < 4.78 is 11.1. The number of hydrogen-bond acceptors (Lipinski definition) is 6. The fourth-order valence-corrected chi connectivity index (χ4v) is 3.66. The Labute approximate surface area is 142 Å². The van der Waals surface area contributed by atoms with Gasteiger partial charge in [-0.1, -0.05) is 0 Å². The Balaban J connectivity index is 1.93. The van der Waals surface area contributed by atoms with Gasteiger partial charge in [0.1, 0.15) is 6.10 Å². The highest BCUT2D eigenvalue weighted by Gasteiger charge is 2.28. The van der Waals surface area contributed by atoms with Gasteiger partial charge in [0.2, 0.25) is 5.88 Å². The largest absolute Gasteiger partial charge is 0.473 e. The number of carbonyl (C=O) groups is 1. The molecule has 0 atom stereocenters. The molecular formula is C17H28N2O3S. The Hall–Kier alpha value is -1.14. The molecule has 1 fully saturated rings. The van der Waals surface area contributed by atoms with Crippen LogP contribution in [0.1, 0.15) is 68.1 Å². The third kappa shape index (κ3) is 5.46. The van der Waals surface area contributed by atoms with Crippen LogP contribution < -0.4 is 10.1 Å². The fourth-order valence-electron chi connectivity index (χ4n) is 2.91. The minimum Gasteiger partial charge on any atom is -0.473 e. The second kappa shape index (κ2) is 7.62. The minimum absolute atomic E-state index is 0.127. The van der Waals surface area contributed by atoms with Crippen molar-refractivity contribution in [3.63, 3.8) is 0 Å². The van der Waals surface area contributed by atoms with Crippen LogP contribution in [0.15, 0.2) is 0 Å². The van der Waals surface area contributed by atoms with Gasteiger partial charge >= 0.3 is 5.97 Å². The monoisotopic (exact) mass is 340 g/mol. The quantitative estimate of drug-likeness (QED) is 0.828. The van der Waals surface area contributed by atoms with E-state index >= 15 is 0 Å². The van der Waals surface area contributed by atoms with Crippen LogP contribution >= 0.6 is 11.3 Å². The van der Waals surface area contributed by atoms with Gasteiger partial charge in [0.15, 0.2) is 4.88 Å². The summed E-state index contributed by atoms with van der Waals surface area (Å²) in [5.41, 5.74) is 0.140. The number of nitrogens with one attached hydrogen (secondary N) is 1. The van der Waals surface area contributed by atoms with Crippen molar-refractivity contribution in [1.82, 2.24) is 10.3 Å². The standard InChI is InChI=1S/C17H28N2O3S/c1-6-21-16(20)14-15(18-11(2)23-14)22-13-9-7-12(8-10-13)19-17(3,4)5/h12-13,19H,6-10H2,1-5H3. The van der Waals surface area contributed by atoms with Crippen molar-refractivity contribution >= 4 is 17.3 Å². The average molecular weight is 340 g/mol. The van der Waals surface area contributed by atoms with E-state index in [0.717, 1.165) is 30.7 Å². The number of ether oxygens (including phenoxy) is 2. The van der Waals surface area contributed by atoms with Crippen LogP contribution in [0.25, 0.3) is 0 Å². The van der Waals surface area contributed by atoms with E-state index in [9.17, 15) is 4.79 Å². The number of hydrogen-bond donors (Lipinski definition) is 1. The first kappa shape index (κ1) is 18.2. The topological polar surface area (TPSA) is 60.5 Å². The van der Waals surface area contributed by atoms with Crippen molar-refractivity contribution < 1.29 is 14.3 Å². The molecule has 1 aliphatic rings. The molecule has 5 nitrogen and oxygen atoms in total. The minimum atomic E-state index is -0.337. The Bertz CT molecular complexity index is 528. The molecule has 2 rings (SSSR count).